The highest BCUT2D eigenvalue weighted by Gasteiger charge is 2.24. The van der Waals surface area contributed by atoms with Crippen molar-refractivity contribution < 1.29 is 13.2 Å². The van der Waals surface area contributed by atoms with Gasteiger partial charge in [0.2, 0.25) is 0 Å². The number of nitrogens with two attached hydrogens (primary N) is 1. The Balaban J connectivity index is 1.70. The molecule has 0 atom stereocenters. The molecule has 0 radical (unpaired) electrons. The zero-order valence-electron chi connectivity index (χ0n) is 16.3. The number of amides is 2. The topological polar surface area (TPSA) is 101 Å². The third-order valence-corrected chi connectivity index (χ3v) is 7.31. The normalized spacial score (nSPS) is 13.0. The number of carbonyl (C=O) groups is 1. The van der Waals surface area contributed by atoms with Gasteiger partial charge in [0.25, 0.3) is 10.0 Å². The Hall–Kier alpha value is -2.74. The Morgan fingerprint density at radius 3 is 2.52 bits per heavy atom. The summed E-state index contributed by atoms with van der Waals surface area (Å²) in [6.07, 6.45) is 2.59. The first-order valence-electron chi connectivity index (χ1n) is 9.55. The molecule has 3 aromatic carbocycles. The van der Waals surface area contributed by atoms with Gasteiger partial charge in [-0.05, 0) is 54.7 Å². The second kappa shape index (κ2) is 8.42. The van der Waals surface area contributed by atoms with Gasteiger partial charge in [-0.15, -0.1) is 0 Å². The molecule has 31 heavy (non-hydrogen) atoms. The smallest absolute Gasteiger partial charge is 0.333 e. The molecular weight excluding hydrogens is 457 g/mol. The van der Waals surface area contributed by atoms with E-state index >= 15 is 0 Å². The van der Waals surface area contributed by atoms with Crippen LogP contribution in [-0.2, 0) is 22.9 Å². The van der Waals surface area contributed by atoms with Crippen LogP contribution < -0.4 is 15.8 Å². The summed E-state index contributed by atoms with van der Waals surface area (Å²) < 4.78 is 27.3. The maximum absolute atomic E-state index is 12.7. The summed E-state index contributed by atoms with van der Waals surface area (Å²) in [5.74, 6) is 0. The summed E-state index contributed by atoms with van der Waals surface area (Å²) in [6, 6.07) is 14.0. The lowest BCUT2D eigenvalue weighted by Crippen LogP contribution is -2.34. The minimum atomic E-state index is -4.10. The molecule has 4 N–H and O–H groups in total. The van der Waals surface area contributed by atoms with Crippen LogP contribution in [0.15, 0.2) is 59.5 Å². The molecule has 0 saturated carbocycles. The van der Waals surface area contributed by atoms with Crippen molar-refractivity contribution >= 4 is 50.6 Å². The molecule has 0 spiro atoms. The first kappa shape index (κ1) is 21.5. The molecule has 0 unspecified atom stereocenters. The Bertz CT molecular complexity index is 1290. The number of sulfonamides is 1. The number of nitrogens with one attached hydrogen (secondary N) is 2. The Labute approximate surface area is 190 Å². The van der Waals surface area contributed by atoms with Crippen LogP contribution in [0.4, 0.5) is 16.2 Å². The number of rotatable bonds is 4. The number of carbonyl (C=O) groups excluding carboxylic acids is 1. The molecule has 1 aliphatic rings. The third kappa shape index (κ3) is 4.35. The third-order valence-electron chi connectivity index (χ3n) is 5.16. The number of aryl methyl sites for hydroxylation is 1. The van der Waals surface area contributed by atoms with Crippen LogP contribution in [0.3, 0.4) is 0 Å². The first-order valence-corrected chi connectivity index (χ1v) is 11.8. The molecule has 0 bridgehead atoms. The average molecular weight is 476 g/mol. The average Bonchev–Trinajstić information content (AvgIpc) is 3.19. The number of halogens is 2. The van der Waals surface area contributed by atoms with Crippen LogP contribution in [0.25, 0.3) is 11.1 Å². The van der Waals surface area contributed by atoms with Crippen molar-refractivity contribution in [2.75, 3.05) is 11.1 Å². The Morgan fingerprint density at radius 2 is 1.74 bits per heavy atom. The maximum atomic E-state index is 12.7. The number of hydrogen-bond acceptors (Lipinski definition) is 4. The summed E-state index contributed by atoms with van der Waals surface area (Å²) in [5, 5.41) is 3.48. The fraction of sp³-hybridized carbons (Fsp3) is 0.136. The molecule has 4 rings (SSSR count). The molecule has 0 aromatic heterocycles. The fourth-order valence-corrected chi connectivity index (χ4v) is 5.11. The van der Waals surface area contributed by atoms with Crippen LogP contribution >= 0.6 is 23.2 Å². The molecule has 9 heteroatoms. The zero-order valence-corrected chi connectivity index (χ0v) is 18.6. The van der Waals surface area contributed by atoms with Gasteiger partial charge in [-0.3, -0.25) is 0 Å². The predicted octanol–water partition coefficient (Wildman–Crippen LogP) is 5.24. The predicted molar refractivity (Wildman–Crippen MR) is 124 cm³/mol. The lowest BCUT2D eigenvalue weighted by Gasteiger charge is -2.18. The van der Waals surface area contributed by atoms with E-state index in [9.17, 15) is 13.2 Å². The molecule has 3 aromatic rings. The number of hydrogen-bond donors (Lipinski definition) is 3. The van der Waals surface area contributed by atoms with Crippen LogP contribution in [0.2, 0.25) is 10.0 Å². The molecule has 0 fully saturated rings. The van der Waals surface area contributed by atoms with E-state index in [0.717, 1.165) is 30.4 Å². The molecule has 6 nitrogen and oxygen atoms in total. The molecule has 0 aliphatic heterocycles. The summed E-state index contributed by atoms with van der Waals surface area (Å²) in [5.41, 5.74) is 9.86. The van der Waals surface area contributed by atoms with E-state index in [0.29, 0.717) is 26.9 Å². The number of anilines is 2. The van der Waals surface area contributed by atoms with E-state index in [-0.39, 0.29) is 10.6 Å². The first-order chi connectivity index (χ1) is 14.8. The van der Waals surface area contributed by atoms with Crippen molar-refractivity contribution in [1.82, 2.24) is 4.72 Å². The second-order valence-electron chi connectivity index (χ2n) is 7.21. The summed E-state index contributed by atoms with van der Waals surface area (Å²) >= 11 is 12.6. The fourth-order valence-electron chi connectivity index (χ4n) is 3.75. The van der Waals surface area contributed by atoms with Crippen molar-refractivity contribution in [2.24, 2.45) is 0 Å². The number of benzene rings is 3. The standard InChI is InChI=1S/C22H19Cl2N3O3S/c23-19-9-3-8-17(20(19)24)18-11-10-13-4-1-7-16(13)21(18)26-22(28)27-31(29,30)15-6-2-5-14(25)12-15/h2-3,5-6,8-12H,1,4,7,25H2,(H2,26,27,28). The van der Waals surface area contributed by atoms with Crippen molar-refractivity contribution in [3.05, 3.63) is 75.8 Å². The molecule has 0 saturated heterocycles. The van der Waals surface area contributed by atoms with Gasteiger partial charge in [-0.2, -0.15) is 0 Å². The number of fused-ring (bicyclic) bond motifs is 1. The van der Waals surface area contributed by atoms with E-state index in [1.54, 1.807) is 24.3 Å². The highest BCUT2D eigenvalue weighted by molar-refractivity contribution is 7.90. The van der Waals surface area contributed by atoms with Crippen LogP contribution in [-0.4, -0.2) is 14.4 Å². The van der Waals surface area contributed by atoms with Gasteiger partial charge in [0.15, 0.2) is 0 Å². The monoisotopic (exact) mass is 475 g/mol. The Kier molecular flexibility index (Phi) is 5.83. The summed E-state index contributed by atoms with van der Waals surface area (Å²) in [7, 11) is -4.10. The van der Waals surface area contributed by atoms with Crippen molar-refractivity contribution in [3.8, 4) is 11.1 Å². The summed E-state index contributed by atoms with van der Waals surface area (Å²) in [4.78, 5) is 12.6. The quantitative estimate of drug-likeness (QED) is 0.448. The van der Waals surface area contributed by atoms with Crippen molar-refractivity contribution in [2.45, 2.75) is 24.2 Å². The zero-order chi connectivity index (χ0) is 22.2. The lowest BCUT2D eigenvalue weighted by molar-refractivity contribution is 0.256. The maximum Gasteiger partial charge on any atom is 0.333 e. The minimum absolute atomic E-state index is 0.0981. The second-order valence-corrected chi connectivity index (χ2v) is 9.68. The molecule has 2 amide bonds. The van der Waals surface area contributed by atoms with Crippen molar-refractivity contribution in [1.29, 1.82) is 0 Å². The van der Waals surface area contributed by atoms with Gasteiger partial charge in [-0.25, -0.2) is 17.9 Å². The highest BCUT2D eigenvalue weighted by Crippen LogP contribution is 2.41. The van der Waals surface area contributed by atoms with Gasteiger partial charge in [0, 0.05) is 16.8 Å². The van der Waals surface area contributed by atoms with Crippen LogP contribution in [0, 0.1) is 0 Å². The molecular formula is C22H19Cl2N3O3S. The van der Waals surface area contributed by atoms with Gasteiger partial charge >= 0.3 is 6.03 Å². The number of nitrogen functional groups attached to an aromatic ring is 1. The van der Waals surface area contributed by atoms with Gasteiger partial charge < -0.3 is 11.1 Å². The minimum Gasteiger partial charge on any atom is -0.399 e. The van der Waals surface area contributed by atoms with Gasteiger partial charge in [-0.1, -0.05) is 53.5 Å². The molecule has 1 aliphatic carbocycles. The van der Waals surface area contributed by atoms with E-state index < -0.39 is 16.1 Å². The van der Waals surface area contributed by atoms with Crippen LogP contribution in [0.5, 0.6) is 0 Å². The van der Waals surface area contributed by atoms with Crippen molar-refractivity contribution in [3.63, 3.8) is 0 Å². The summed E-state index contributed by atoms with van der Waals surface area (Å²) in [6.45, 7) is 0. The van der Waals surface area contributed by atoms with Crippen LogP contribution in [0.1, 0.15) is 17.5 Å². The molecule has 0 heterocycles. The SMILES string of the molecule is Nc1cccc(S(=O)(=O)NC(=O)Nc2c(-c3cccc(Cl)c3Cl)ccc3c2CCC3)c1. The van der Waals surface area contributed by atoms with Gasteiger partial charge in [0.05, 0.1) is 20.6 Å². The van der Waals surface area contributed by atoms with Gasteiger partial charge in [0.1, 0.15) is 0 Å². The number of urea groups is 1. The van der Waals surface area contributed by atoms with E-state index in [1.807, 2.05) is 12.1 Å². The lowest BCUT2D eigenvalue weighted by atomic mass is 9.97. The highest BCUT2D eigenvalue weighted by atomic mass is 35.5. The largest absolute Gasteiger partial charge is 0.399 e. The Morgan fingerprint density at radius 1 is 0.968 bits per heavy atom. The molecule has 160 valence electrons. The van der Waals surface area contributed by atoms with E-state index in [1.165, 1.54) is 18.2 Å². The van der Waals surface area contributed by atoms with E-state index in [2.05, 4.69) is 10.0 Å². The van der Waals surface area contributed by atoms with E-state index in [4.69, 9.17) is 28.9 Å².